The minimum atomic E-state index is -0.901. The van der Waals surface area contributed by atoms with Crippen molar-refractivity contribution < 1.29 is 19.4 Å². The Kier molecular flexibility index (Phi) is 4.32. The van der Waals surface area contributed by atoms with Crippen LogP contribution in [0.15, 0.2) is 24.3 Å². The van der Waals surface area contributed by atoms with Crippen LogP contribution in [0.4, 0.5) is 0 Å². The second-order valence-electron chi connectivity index (χ2n) is 6.09. The van der Waals surface area contributed by atoms with Crippen molar-refractivity contribution in [1.29, 1.82) is 0 Å². The molecule has 114 valence electrons. The van der Waals surface area contributed by atoms with E-state index in [2.05, 4.69) is 5.32 Å². The zero-order valence-corrected chi connectivity index (χ0v) is 12.6. The van der Waals surface area contributed by atoms with E-state index in [0.29, 0.717) is 13.2 Å². The van der Waals surface area contributed by atoms with Crippen LogP contribution in [0.25, 0.3) is 0 Å². The summed E-state index contributed by atoms with van der Waals surface area (Å²) in [5.41, 5.74) is 1.55. The molecule has 0 radical (unpaired) electrons. The Morgan fingerprint density at radius 1 is 1.29 bits per heavy atom. The first-order chi connectivity index (χ1) is 9.87. The number of ether oxygens (including phenoxy) is 1. The summed E-state index contributed by atoms with van der Waals surface area (Å²) < 4.78 is 5.07. The van der Waals surface area contributed by atoms with Gasteiger partial charge in [-0.25, -0.2) is 0 Å². The lowest BCUT2D eigenvalue weighted by molar-refractivity contribution is -0.140. The molecule has 2 atom stereocenters. The van der Waals surface area contributed by atoms with Crippen LogP contribution >= 0.6 is 0 Å². The maximum absolute atomic E-state index is 12.1. The lowest BCUT2D eigenvalue weighted by Crippen LogP contribution is -2.26. The molecule has 1 amide bonds. The number of amides is 1. The highest BCUT2D eigenvalue weighted by Crippen LogP contribution is 2.58. The average Bonchev–Trinajstić information content (AvgIpc) is 3.00. The molecule has 0 heterocycles. The molecule has 0 spiro atoms. The molecule has 1 aliphatic carbocycles. The van der Waals surface area contributed by atoms with Crippen LogP contribution in [0.1, 0.15) is 25.0 Å². The van der Waals surface area contributed by atoms with Crippen molar-refractivity contribution in [1.82, 2.24) is 5.32 Å². The van der Waals surface area contributed by atoms with E-state index in [1.807, 2.05) is 38.1 Å². The van der Waals surface area contributed by atoms with Crippen molar-refractivity contribution in [3.63, 3.8) is 0 Å². The number of carbonyl (C=O) groups excluding carboxylic acids is 1. The number of rotatable bonds is 6. The highest BCUT2D eigenvalue weighted by molar-refractivity contribution is 5.91. The Labute approximate surface area is 124 Å². The maximum Gasteiger partial charge on any atom is 0.307 e. The fraction of sp³-hybridized carbons (Fsp3) is 0.500. The van der Waals surface area contributed by atoms with Gasteiger partial charge in [0.05, 0.1) is 18.4 Å². The van der Waals surface area contributed by atoms with Gasteiger partial charge in [0, 0.05) is 13.7 Å². The van der Waals surface area contributed by atoms with Crippen LogP contribution in [-0.2, 0) is 27.5 Å². The average molecular weight is 291 g/mol. The van der Waals surface area contributed by atoms with Gasteiger partial charge in [0.25, 0.3) is 0 Å². The molecule has 2 N–H and O–H groups in total. The second-order valence-corrected chi connectivity index (χ2v) is 6.09. The minimum Gasteiger partial charge on any atom is -0.481 e. The number of carboxylic acid groups (broad SMARTS) is 1. The van der Waals surface area contributed by atoms with Crippen LogP contribution in [0.3, 0.4) is 0 Å². The fourth-order valence-corrected chi connectivity index (χ4v) is 2.88. The highest BCUT2D eigenvalue weighted by Gasteiger charge is 2.65. The van der Waals surface area contributed by atoms with Gasteiger partial charge >= 0.3 is 5.97 Å². The van der Waals surface area contributed by atoms with E-state index >= 15 is 0 Å². The summed E-state index contributed by atoms with van der Waals surface area (Å²) in [6, 6.07) is 7.76. The molecule has 0 aliphatic heterocycles. The number of hydrogen-bond donors (Lipinski definition) is 2. The summed E-state index contributed by atoms with van der Waals surface area (Å²) in [5.74, 6) is -2.12. The molecule has 1 aliphatic rings. The van der Waals surface area contributed by atoms with Crippen LogP contribution in [0.5, 0.6) is 0 Å². The quantitative estimate of drug-likeness (QED) is 0.838. The predicted octanol–water partition coefficient (Wildman–Crippen LogP) is 1.81. The fourth-order valence-electron chi connectivity index (χ4n) is 2.88. The molecular weight excluding hydrogens is 270 g/mol. The Hall–Kier alpha value is -1.88. The van der Waals surface area contributed by atoms with Gasteiger partial charge in [-0.15, -0.1) is 0 Å². The van der Waals surface area contributed by atoms with Gasteiger partial charge in [0.1, 0.15) is 0 Å². The number of hydrogen-bond acceptors (Lipinski definition) is 3. The molecular formula is C16H21NO4. The molecule has 0 saturated heterocycles. The normalized spacial score (nSPS) is 22.6. The summed E-state index contributed by atoms with van der Waals surface area (Å²) in [7, 11) is 1.63. The third kappa shape index (κ3) is 3.24. The standard InChI is InChI=1S/C16H21NO4/c1-16(2)12(13(16)15(19)20)14(18)17-8-10-5-4-6-11(7-10)9-21-3/h4-7,12-13H,8-9H2,1-3H3,(H,17,18)(H,19,20)/t12-,13+/m0/s1. The lowest BCUT2D eigenvalue weighted by atomic mass is 10.1. The molecule has 2 rings (SSSR count). The minimum absolute atomic E-state index is 0.190. The molecule has 21 heavy (non-hydrogen) atoms. The Morgan fingerprint density at radius 3 is 2.52 bits per heavy atom. The first-order valence-corrected chi connectivity index (χ1v) is 6.95. The summed E-state index contributed by atoms with van der Waals surface area (Å²) >= 11 is 0. The monoisotopic (exact) mass is 291 g/mol. The number of methoxy groups -OCH3 is 1. The van der Waals surface area contributed by atoms with Gasteiger partial charge in [0.2, 0.25) is 5.91 Å². The van der Waals surface area contributed by atoms with Gasteiger partial charge in [-0.2, -0.15) is 0 Å². The molecule has 1 aromatic rings. The van der Waals surface area contributed by atoms with E-state index < -0.39 is 23.2 Å². The molecule has 5 heteroatoms. The van der Waals surface area contributed by atoms with E-state index in [0.717, 1.165) is 11.1 Å². The van der Waals surface area contributed by atoms with E-state index in [1.54, 1.807) is 7.11 Å². The van der Waals surface area contributed by atoms with E-state index in [1.165, 1.54) is 0 Å². The summed E-state index contributed by atoms with van der Waals surface area (Å²) in [4.78, 5) is 23.2. The van der Waals surface area contributed by atoms with Crippen molar-refractivity contribution in [2.45, 2.75) is 27.0 Å². The molecule has 1 saturated carbocycles. The van der Waals surface area contributed by atoms with Crippen LogP contribution in [-0.4, -0.2) is 24.1 Å². The van der Waals surface area contributed by atoms with Crippen molar-refractivity contribution in [2.75, 3.05) is 7.11 Å². The third-order valence-electron chi connectivity index (χ3n) is 4.15. The van der Waals surface area contributed by atoms with Gasteiger partial charge in [-0.05, 0) is 16.5 Å². The smallest absolute Gasteiger partial charge is 0.307 e. The van der Waals surface area contributed by atoms with E-state index in [9.17, 15) is 9.59 Å². The largest absolute Gasteiger partial charge is 0.481 e. The van der Waals surface area contributed by atoms with Gasteiger partial charge < -0.3 is 15.2 Å². The SMILES string of the molecule is COCc1cccc(CNC(=O)[C@@H]2[C@H](C(=O)O)C2(C)C)c1. The van der Waals surface area contributed by atoms with Crippen molar-refractivity contribution in [3.8, 4) is 0 Å². The Bertz CT molecular complexity index is 553. The molecule has 0 unspecified atom stereocenters. The third-order valence-corrected chi connectivity index (χ3v) is 4.15. The van der Waals surface area contributed by atoms with Crippen LogP contribution < -0.4 is 5.32 Å². The molecule has 1 aromatic carbocycles. The zero-order chi connectivity index (χ0) is 15.6. The number of benzene rings is 1. The number of carbonyl (C=O) groups is 2. The maximum atomic E-state index is 12.1. The van der Waals surface area contributed by atoms with Crippen LogP contribution in [0.2, 0.25) is 0 Å². The molecule has 0 aromatic heterocycles. The van der Waals surface area contributed by atoms with Gasteiger partial charge in [0.15, 0.2) is 0 Å². The van der Waals surface area contributed by atoms with Crippen LogP contribution in [0, 0.1) is 17.3 Å². The van der Waals surface area contributed by atoms with E-state index in [4.69, 9.17) is 9.84 Å². The van der Waals surface area contributed by atoms with Gasteiger partial charge in [-0.3, -0.25) is 9.59 Å². The summed E-state index contributed by atoms with van der Waals surface area (Å²) in [5, 5.41) is 11.9. The molecule has 1 fully saturated rings. The molecule has 0 bridgehead atoms. The van der Waals surface area contributed by atoms with Crippen molar-refractivity contribution in [2.24, 2.45) is 17.3 Å². The highest BCUT2D eigenvalue weighted by atomic mass is 16.5. The summed E-state index contributed by atoms with van der Waals surface area (Å²) in [6.07, 6.45) is 0. The summed E-state index contributed by atoms with van der Waals surface area (Å²) in [6.45, 7) is 4.55. The Balaban J connectivity index is 1.93. The first kappa shape index (κ1) is 15.5. The van der Waals surface area contributed by atoms with Crippen molar-refractivity contribution in [3.05, 3.63) is 35.4 Å². The van der Waals surface area contributed by atoms with Gasteiger partial charge in [-0.1, -0.05) is 38.1 Å². The zero-order valence-electron chi connectivity index (χ0n) is 12.6. The van der Waals surface area contributed by atoms with E-state index in [-0.39, 0.29) is 5.91 Å². The number of nitrogens with one attached hydrogen (secondary N) is 1. The molecule has 5 nitrogen and oxygen atoms in total. The Morgan fingerprint density at radius 2 is 1.95 bits per heavy atom. The first-order valence-electron chi connectivity index (χ1n) is 6.95. The second kappa shape index (κ2) is 5.85. The van der Waals surface area contributed by atoms with Crippen molar-refractivity contribution >= 4 is 11.9 Å². The lowest BCUT2D eigenvalue weighted by Gasteiger charge is -2.08. The number of aliphatic carboxylic acids is 1. The number of carboxylic acids is 1. The topological polar surface area (TPSA) is 75.6 Å². The predicted molar refractivity (Wildman–Crippen MR) is 77.4 cm³/mol.